The Hall–Kier alpha value is -0.560. The SMILES string of the molecule is C=C1C=CC(Cl)C(F)=C1. The van der Waals surface area contributed by atoms with Crippen LogP contribution in [0.2, 0.25) is 0 Å². The first-order valence-corrected chi connectivity index (χ1v) is 3.02. The zero-order valence-corrected chi connectivity index (χ0v) is 5.53. The molecule has 1 unspecified atom stereocenters. The molecule has 0 aromatic rings. The van der Waals surface area contributed by atoms with Crippen molar-refractivity contribution >= 4 is 11.6 Å². The Balaban J connectivity index is 2.82. The number of hydrogen-bond donors (Lipinski definition) is 0. The fourth-order valence-corrected chi connectivity index (χ4v) is 0.741. The van der Waals surface area contributed by atoms with Gasteiger partial charge in [-0.15, -0.1) is 11.6 Å². The van der Waals surface area contributed by atoms with Crippen molar-refractivity contribution in [1.82, 2.24) is 0 Å². The molecule has 1 rings (SSSR count). The molecule has 9 heavy (non-hydrogen) atoms. The van der Waals surface area contributed by atoms with Crippen LogP contribution in [0.5, 0.6) is 0 Å². The van der Waals surface area contributed by atoms with Crippen LogP contribution >= 0.6 is 11.6 Å². The maximum Gasteiger partial charge on any atom is 0.122 e. The van der Waals surface area contributed by atoms with Crippen LogP contribution in [0.25, 0.3) is 0 Å². The van der Waals surface area contributed by atoms with Gasteiger partial charge in [0.15, 0.2) is 0 Å². The molecule has 0 aromatic carbocycles. The van der Waals surface area contributed by atoms with Gasteiger partial charge in [-0.1, -0.05) is 18.7 Å². The molecule has 1 atom stereocenters. The predicted octanol–water partition coefficient (Wildman–Crippen LogP) is 2.57. The molecular weight excluding hydrogens is 139 g/mol. The van der Waals surface area contributed by atoms with E-state index in [4.69, 9.17) is 11.6 Å². The van der Waals surface area contributed by atoms with E-state index < -0.39 is 5.38 Å². The van der Waals surface area contributed by atoms with Crippen molar-refractivity contribution in [2.45, 2.75) is 5.38 Å². The summed E-state index contributed by atoms with van der Waals surface area (Å²) in [4.78, 5) is 0. The molecule has 0 aromatic heterocycles. The van der Waals surface area contributed by atoms with Crippen molar-refractivity contribution in [2.24, 2.45) is 0 Å². The summed E-state index contributed by atoms with van der Waals surface area (Å²) >= 11 is 5.46. The second kappa shape index (κ2) is 2.36. The molecule has 0 saturated carbocycles. The third-order valence-corrected chi connectivity index (χ3v) is 1.42. The van der Waals surface area contributed by atoms with Crippen LogP contribution in [0.1, 0.15) is 0 Å². The molecular formula is C7H6ClF. The Bertz CT molecular complexity index is 191. The average Bonchev–Trinajstić information content (AvgIpc) is 1.80. The first-order chi connectivity index (χ1) is 4.20. The van der Waals surface area contributed by atoms with E-state index in [0.717, 1.165) is 0 Å². The van der Waals surface area contributed by atoms with E-state index in [1.165, 1.54) is 6.08 Å². The Morgan fingerprint density at radius 3 is 2.78 bits per heavy atom. The fraction of sp³-hybridized carbons (Fsp3) is 0.143. The highest BCUT2D eigenvalue weighted by molar-refractivity contribution is 6.23. The average molecular weight is 145 g/mol. The van der Waals surface area contributed by atoms with E-state index >= 15 is 0 Å². The number of alkyl halides is 1. The van der Waals surface area contributed by atoms with Crippen LogP contribution in [-0.2, 0) is 0 Å². The summed E-state index contributed by atoms with van der Waals surface area (Å²) in [7, 11) is 0. The van der Waals surface area contributed by atoms with Crippen molar-refractivity contribution in [3.05, 3.63) is 36.2 Å². The maximum absolute atomic E-state index is 12.4. The Morgan fingerprint density at radius 1 is 1.67 bits per heavy atom. The quantitative estimate of drug-likeness (QED) is 0.459. The normalized spacial score (nSPS) is 26.2. The molecule has 0 fully saturated rings. The highest BCUT2D eigenvalue weighted by Crippen LogP contribution is 2.20. The van der Waals surface area contributed by atoms with Gasteiger partial charge in [0.1, 0.15) is 11.2 Å². The summed E-state index contributed by atoms with van der Waals surface area (Å²) < 4.78 is 12.4. The van der Waals surface area contributed by atoms with Gasteiger partial charge >= 0.3 is 0 Å². The molecule has 0 saturated heterocycles. The molecule has 1 aliphatic carbocycles. The summed E-state index contributed by atoms with van der Waals surface area (Å²) in [5, 5.41) is -0.588. The van der Waals surface area contributed by atoms with Gasteiger partial charge in [-0.05, 0) is 11.6 Å². The van der Waals surface area contributed by atoms with Crippen LogP contribution in [-0.4, -0.2) is 5.38 Å². The molecule has 2 heteroatoms. The topological polar surface area (TPSA) is 0 Å². The van der Waals surface area contributed by atoms with Crippen LogP contribution in [0, 0.1) is 0 Å². The Morgan fingerprint density at radius 2 is 2.33 bits per heavy atom. The van der Waals surface area contributed by atoms with Gasteiger partial charge in [0.05, 0.1) is 0 Å². The van der Waals surface area contributed by atoms with Gasteiger partial charge in [-0.25, -0.2) is 4.39 Å². The lowest BCUT2D eigenvalue weighted by atomic mass is 10.1. The van der Waals surface area contributed by atoms with Gasteiger partial charge < -0.3 is 0 Å². The van der Waals surface area contributed by atoms with Crippen LogP contribution in [0.4, 0.5) is 4.39 Å². The molecule has 48 valence electrons. The third kappa shape index (κ3) is 1.42. The van der Waals surface area contributed by atoms with Crippen molar-refractivity contribution < 1.29 is 4.39 Å². The van der Waals surface area contributed by atoms with Gasteiger partial charge in [0, 0.05) is 0 Å². The van der Waals surface area contributed by atoms with Crippen molar-refractivity contribution in [3.63, 3.8) is 0 Å². The summed E-state index contributed by atoms with van der Waals surface area (Å²) in [5.41, 5.74) is 0.657. The minimum Gasteiger partial charge on any atom is -0.210 e. The molecule has 0 bridgehead atoms. The first kappa shape index (κ1) is 6.56. The monoisotopic (exact) mass is 144 g/mol. The zero-order valence-electron chi connectivity index (χ0n) is 4.77. The third-order valence-electron chi connectivity index (χ3n) is 1.07. The van der Waals surface area contributed by atoms with Crippen molar-refractivity contribution in [2.75, 3.05) is 0 Å². The second-order valence-corrected chi connectivity index (χ2v) is 2.34. The van der Waals surface area contributed by atoms with E-state index in [-0.39, 0.29) is 5.83 Å². The Labute approximate surface area is 58.3 Å². The number of rotatable bonds is 0. The number of hydrogen-bond acceptors (Lipinski definition) is 0. The molecule has 0 spiro atoms. The zero-order chi connectivity index (χ0) is 6.85. The van der Waals surface area contributed by atoms with Crippen LogP contribution in [0.3, 0.4) is 0 Å². The summed E-state index contributed by atoms with van der Waals surface area (Å²) in [6, 6.07) is 0. The molecule has 0 N–H and O–H groups in total. The van der Waals surface area contributed by atoms with E-state index in [2.05, 4.69) is 6.58 Å². The van der Waals surface area contributed by atoms with Gasteiger partial charge in [0.25, 0.3) is 0 Å². The smallest absolute Gasteiger partial charge is 0.122 e. The predicted molar refractivity (Wildman–Crippen MR) is 37.1 cm³/mol. The molecule has 0 amide bonds. The van der Waals surface area contributed by atoms with E-state index in [1.807, 2.05) is 0 Å². The molecule has 1 aliphatic rings. The number of halogens is 2. The lowest BCUT2D eigenvalue weighted by molar-refractivity contribution is 0.617. The fourth-order valence-electron chi connectivity index (χ4n) is 0.605. The van der Waals surface area contributed by atoms with E-state index in [9.17, 15) is 4.39 Å². The standard InChI is InChI=1S/C7H6ClF/c1-5-2-3-6(8)7(9)4-5/h2-4,6H,1H2. The lowest BCUT2D eigenvalue weighted by Crippen LogP contribution is -1.98. The van der Waals surface area contributed by atoms with Crippen LogP contribution < -0.4 is 0 Å². The lowest BCUT2D eigenvalue weighted by Gasteiger charge is -2.05. The number of allylic oxidation sites excluding steroid dienone is 5. The molecule has 0 heterocycles. The minimum atomic E-state index is -0.588. The molecule has 0 aliphatic heterocycles. The van der Waals surface area contributed by atoms with Crippen molar-refractivity contribution in [1.29, 1.82) is 0 Å². The van der Waals surface area contributed by atoms with Gasteiger partial charge in [-0.2, -0.15) is 0 Å². The minimum absolute atomic E-state index is 0.329. The second-order valence-electron chi connectivity index (χ2n) is 1.87. The maximum atomic E-state index is 12.4. The van der Waals surface area contributed by atoms with Gasteiger partial charge in [-0.3, -0.25) is 0 Å². The summed E-state index contributed by atoms with van der Waals surface area (Å²) in [5.74, 6) is -0.329. The summed E-state index contributed by atoms with van der Waals surface area (Å²) in [6.45, 7) is 3.54. The highest BCUT2D eigenvalue weighted by Gasteiger charge is 2.09. The van der Waals surface area contributed by atoms with E-state index in [1.54, 1.807) is 12.2 Å². The van der Waals surface area contributed by atoms with E-state index in [0.29, 0.717) is 5.57 Å². The Kier molecular flexibility index (Phi) is 1.72. The summed E-state index contributed by atoms with van der Waals surface area (Å²) in [6.07, 6.45) is 4.59. The highest BCUT2D eigenvalue weighted by atomic mass is 35.5. The van der Waals surface area contributed by atoms with Gasteiger partial charge in [0.2, 0.25) is 0 Å². The largest absolute Gasteiger partial charge is 0.210 e. The molecule has 0 nitrogen and oxygen atoms in total. The van der Waals surface area contributed by atoms with Crippen LogP contribution in [0.15, 0.2) is 36.2 Å². The molecule has 0 radical (unpaired) electrons. The first-order valence-electron chi connectivity index (χ1n) is 2.58. The van der Waals surface area contributed by atoms with Crippen molar-refractivity contribution in [3.8, 4) is 0 Å².